The minimum atomic E-state index is -1.32. The Morgan fingerprint density at radius 2 is 1.43 bits per heavy atom. The molecule has 1 atom stereocenters. The van der Waals surface area contributed by atoms with Crippen molar-refractivity contribution in [2.45, 2.75) is 51.6 Å². The summed E-state index contributed by atoms with van der Waals surface area (Å²) >= 11 is 0. The molecule has 1 unspecified atom stereocenters. The number of hydrogen-bond donors (Lipinski definition) is 2. The summed E-state index contributed by atoms with van der Waals surface area (Å²) in [5.41, 5.74) is 0.923. The highest BCUT2D eigenvalue weighted by Gasteiger charge is 2.24. The Bertz CT molecular complexity index is 818. The van der Waals surface area contributed by atoms with E-state index >= 15 is 0 Å². The van der Waals surface area contributed by atoms with E-state index in [9.17, 15) is 19.1 Å². The van der Waals surface area contributed by atoms with E-state index in [0.717, 1.165) is 5.56 Å². The van der Waals surface area contributed by atoms with Gasteiger partial charge < -0.3 is 10.4 Å². The fourth-order valence-electron chi connectivity index (χ4n) is 2.80. The fourth-order valence-corrected chi connectivity index (χ4v) is 2.80. The molecule has 0 heterocycles. The second-order valence-electron chi connectivity index (χ2n) is 8.31. The number of halogens is 1. The molecule has 28 heavy (non-hydrogen) atoms. The summed E-state index contributed by atoms with van der Waals surface area (Å²) in [6.07, 6.45) is 0.138. The summed E-state index contributed by atoms with van der Waals surface area (Å²) in [6, 6.07) is 12.9. The van der Waals surface area contributed by atoms with Gasteiger partial charge in [0, 0.05) is 18.4 Å². The number of ketones is 1. The minimum Gasteiger partial charge on any atom is -0.384 e. The van der Waals surface area contributed by atoms with E-state index in [1.54, 1.807) is 19.1 Å². The Kier molecular flexibility index (Phi) is 6.73. The number of carbonyl (C=O) groups excluding carboxylic acids is 2. The summed E-state index contributed by atoms with van der Waals surface area (Å²) < 4.78 is 13.0. The third-order valence-electron chi connectivity index (χ3n) is 4.75. The van der Waals surface area contributed by atoms with Crippen molar-refractivity contribution in [2.75, 3.05) is 6.54 Å². The third-order valence-corrected chi connectivity index (χ3v) is 4.75. The third kappa shape index (κ3) is 5.99. The molecule has 0 aliphatic carbocycles. The second kappa shape index (κ2) is 8.65. The number of Topliss-reactive ketones (excluding diaryl/α,β-unsaturated/α-hetero) is 1. The molecule has 0 radical (unpaired) electrons. The van der Waals surface area contributed by atoms with Crippen LogP contribution in [0.2, 0.25) is 0 Å². The van der Waals surface area contributed by atoms with Gasteiger partial charge in [0.15, 0.2) is 5.78 Å². The van der Waals surface area contributed by atoms with E-state index in [0.29, 0.717) is 11.1 Å². The molecule has 2 aromatic carbocycles. The van der Waals surface area contributed by atoms with Crippen molar-refractivity contribution in [3.05, 3.63) is 71.0 Å². The molecule has 5 heteroatoms. The number of benzene rings is 2. The standard InChI is InChI=1S/C23H28FNO3/c1-22(2,3)17-7-5-16(6-8-17)20(26)13-14-21(27)25-15-23(4,28)18-9-11-19(24)12-10-18/h5-12,28H,13-15H2,1-4H3,(H,25,27). The maximum atomic E-state index is 13.0. The number of nitrogens with one attached hydrogen (secondary N) is 1. The fraction of sp³-hybridized carbons (Fsp3) is 0.391. The Balaban J connectivity index is 1.84. The maximum absolute atomic E-state index is 13.0. The van der Waals surface area contributed by atoms with Crippen molar-refractivity contribution in [1.29, 1.82) is 0 Å². The first-order valence-corrected chi connectivity index (χ1v) is 9.38. The van der Waals surface area contributed by atoms with Crippen LogP contribution in [0.15, 0.2) is 48.5 Å². The molecule has 1 amide bonds. The van der Waals surface area contributed by atoms with Crippen LogP contribution in [0.1, 0.15) is 62.0 Å². The van der Waals surface area contributed by atoms with Gasteiger partial charge >= 0.3 is 0 Å². The van der Waals surface area contributed by atoms with Gasteiger partial charge in [-0.3, -0.25) is 9.59 Å². The average molecular weight is 385 g/mol. The molecule has 2 rings (SSSR count). The zero-order valence-electron chi connectivity index (χ0n) is 16.9. The Hall–Kier alpha value is -2.53. The number of rotatable bonds is 7. The quantitative estimate of drug-likeness (QED) is 0.705. The second-order valence-corrected chi connectivity index (χ2v) is 8.31. The van der Waals surface area contributed by atoms with Crippen molar-refractivity contribution in [2.24, 2.45) is 0 Å². The van der Waals surface area contributed by atoms with Gasteiger partial charge in [0.1, 0.15) is 11.4 Å². The zero-order chi connectivity index (χ0) is 20.9. The largest absolute Gasteiger partial charge is 0.384 e. The number of hydrogen-bond acceptors (Lipinski definition) is 3. The van der Waals surface area contributed by atoms with Crippen LogP contribution in [0, 0.1) is 5.82 Å². The van der Waals surface area contributed by atoms with Gasteiger partial charge in [-0.1, -0.05) is 57.2 Å². The van der Waals surface area contributed by atoms with E-state index in [2.05, 4.69) is 26.1 Å². The van der Waals surface area contributed by atoms with Gasteiger partial charge in [-0.25, -0.2) is 4.39 Å². The average Bonchev–Trinajstić information content (AvgIpc) is 2.64. The van der Waals surface area contributed by atoms with Gasteiger partial charge in [0.05, 0.1) is 6.54 Å². The molecule has 2 N–H and O–H groups in total. The summed E-state index contributed by atoms with van der Waals surface area (Å²) in [6.45, 7) is 7.84. The first-order valence-electron chi connectivity index (χ1n) is 9.38. The first kappa shape index (κ1) is 21.8. The predicted molar refractivity (Wildman–Crippen MR) is 108 cm³/mol. The molecular formula is C23H28FNO3. The molecule has 0 spiro atoms. The lowest BCUT2D eigenvalue weighted by Crippen LogP contribution is -2.38. The lowest BCUT2D eigenvalue weighted by Gasteiger charge is -2.24. The van der Waals surface area contributed by atoms with E-state index in [1.807, 2.05) is 12.1 Å². The molecule has 0 aromatic heterocycles. The molecule has 4 nitrogen and oxygen atoms in total. The van der Waals surface area contributed by atoms with Crippen LogP contribution in [0.3, 0.4) is 0 Å². The van der Waals surface area contributed by atoms with E-state index in [-0.39, 0.29) is 36.5 Å². The van der Waals surface area contributed by atoms with Crippen LogP contribution in [0.25, 0.3) is 0 Å². The Morgan fingerprint density at radius 1 is 0.893 bits per heavy atom. The van der Waals surface area contributed by atoms with Crippen LogP contribution in [-0.2, 0) is 15.8 Å². The molecule has 0 aliphatic rings. The monoisotopic (exact) mass is 385 g/mol. The minimum absolute atomic E-state index is 0.0168. The van der Waals surface area contributed by atoms with Crippen molar-refractivity contribution >= 4 is 11.7 Å². The van der Waals surface area contributed by atoms with Gasteiger partial charge in [-0.2, -0.15) is 0 Å². The van der Waals surface area contributed by atoms with Crippen molar-refractivity contribution in [1.82, 2.24) is 5.32 Å². The molecule has 0 bridgehead atoms. The Morgan fingerprint density at radius 3 is 1.96 bits per heavy atom. The highest BCUT2D eigenvalue weighted by Crippen LogP contribution is 2.23. The molecule has 0 saturated carbocycles. The molecule has 0 aliphatic heterocycles. The molecule has 150 valence electrons. The van der Waals surface area contributed by atoms with Crippen molar-refractivity contribution in [3.63, 3.8) is 0 Å². The van der Waals surface area contributed by atoms with Gasteiger partial charge in [0.2, 0.25) is 5.91 Å². The molecule has 2 aromatic rings. The summed E-state index contributed by atoms with van der Waals surface area (Å²) in [5.74, 6) is -0.805. The highest BCUT2D eigenvalue weighted by molar-refractivity contribution is 5.98. The van der Waals surface area contributed by atoms with Crippen LogP contribution >= 0.6 is 0 Å². The van der Waals surface area contributed by atoms with E-state index < -0.39 is 11.4 Å². The first-order chi connectivity index (χ1) is 13.0. The number of carbonyl (C=O) groups is 2. The number of amides is 1. The SMILES string of the molecule is CC(C)(C)c1ccc(C(=O)CCC(=O)NCC(C)(O)c2ccc(F)cc2)cc1. The van der Waals surface area contributed by atoms with Crippen molar-refractivity contribution < 1.29 is 19.1 Å². The van der Waals surface area contributed by atoms with Crippen LogP contribution < -0.4 is 5.32 Å². The maximum Gasteiger partial charge on any atom is 0.220 e. The Labute approximate surface area is 165 Å². The lowest BCUT2D eigenvalue weighted by molar-refractivity contribution is -0.122. The predicted octanol–water partition coefficient (Wildman–Crippen LogP) is 4.11. The summed E-state index contributed by atoms with van der Waals surface area (Å²) in [7, 11) is 0. The van der Waals surface area contributed by atoms with Crippen molar-refractivity contribution in [3.8, 4) is 0 Å². The zero-order valence-corrected chi connectivity index (χ0v) is 16.9. The van der Waals surface area contributed by atoms with Gasteiger partial charge in [-0.15, -0.1) is 0 Å². The van der Waals surface area contributed by atoms with Gasteiger partial charge in [0.25, 0.3) is 0 Å². The summed E-state index contributed by atoms with van der Waals surface area (Å²) in [5, 5.41) is 13.1. The van der Waals surface area contributed by atoms with Crippen LogP contribution in [-0.4, -0.2) is 23.3 Å². The molecular weight excluding hydrogens is 357 g/mol. The number of aliphatic hydroxyl groups is 1. The molecule has 0 saturated heterocycles. The van der Waals surface area contributed by atoms with E-state index in [1.165, 1.54) is 24.3 Å². The topological polar surface area (TPSA) is 66.4 Å². The smallest absolute Gasteiger partial charge is 0.220 e. The highest BCUT2D eigenvalue weighted by atomic mass is 19.1. The lowest BCUT2D eigenvalue weighted by atomic mass is 9.86. The van der Waals surface area contributed by atoms with Crippen LogP contribution in [0.4, 0.5) is 4.39 Å². The summed E-state index contributed by atoms with van der Waals surface area (Å²) in [4.78, 5) is 24.4. The van der Waals surface area contributed by atoms with E-state index in [4.69, 9.17) is 0 Å². The van der Waals surface area contributed by atoms with Gasteiger partial charge in [-0.05, 0) is 35.6 Å². The normalized spacial score (nSPS) is 13.6. The molecule has 0 fully saturated rings. The van der Waals surface area contributed by atoms with Crippen LogP contribution in [0.5, 0.6) is 0 Å².